The molecule has 0 unspecified atom stereocenters. The number of benzene rings is 1. The van der Waals surface area contributed by atoms with Gasteiger partial charge in [-0.1, -0.05) is 11.6 Å². The Kier molecular flexibility index (Phi) is 3.30. The highest BCUT2D eigenvalue weighted by Crippen LogP contribution is 2.40. The van der Waals surface area contributed by atoms with Gasteiger partial charge in [0.05, 0.1) is 17.8 Å². The lowest BCUT2D eigenvalue weighted by molar-refractivity contribution is 0.0690. The number of ether oxygens (including phenoxy) is 1. The first-order valence-electron chi connectivity index (χ1n) is 4.99. The van der Waals surface area contributed by atoms with Crippen molar-refractivity contribution in [1.82, 2.24) is 10.2 Å². The van der Waals surface area contributed by atoms with E-state index < -0.39 is 17.5 Å². The molecule has 0 amide bonds. The van der Waals surface area contributed by atoms with E-state index >= 15 is 0 Å². The van der Waals surface area contributed by atoms with Crippen LogP contribution < -0.4 is 4.74 Å². The molecule has 0 fully saturated rings. The van der Waals surface area contributed by atoms with Gasteiger partial charge in [0.15, 0.2) is 11.5 Å². The van der Waals surface area contributed by atoms with Crippen molar-refractivity contribution >= 4 is 17.6 Å². The summed E-state index contributed by atoms with van der Waals surface area (Å²) in [5, 5.41) is 24.3. The largest absolute Gasteiger partial charge is 0.504 e. The number of phenolic OH excluding ortho intramolecular Hbond substituents is 1. The Bertz CT molecular complexity index is 656. The molecule has 6 nitrogen and oxygen atoms in total. The number of nitrogens with zero attached hydrogens (tertiary/aromatic N) is 1. The highest BCUT2D eigenvalue weighted by atomic mass is 35.5. The SMILES string of the molecule is COc1c(Cl)cc(-c2cc(C(=O)O)[nH]n2)c(O)c1F. The van der Waals surface area contributed by atoms with E-state index in [4.69, 9.17) is 21.4 Å². The van der Waals surface area contributed by atoms with Gasteiger partial charge in [-0.2, -0.15) is 9.49 Å². The Labute approximate surface area is 111 Å². The van der Waals surface area contributed by atoms with Gasteiger partial charge in [0.1, 0.15) is 5.69 Å². The maximum Gasteiger partial charge on any atom is 0.353 e. The van der Waals surface area contributed by atoms with Crippen LogP contribution >= 0.6 is 11.6 Å². The molecule has 0 bridgehead atoms. The first kappa shape index (κ1) is 13.2. The number of halogens is 2. The minimum Gasteiger partial charge on any atom is -0.504 e. The van der Waals surface area contributed by atoms with Crippen LogP contribution in [0, 0.1) is 5.82 Å². The van der Waals surface area contributed by atoms with Gasteiger partial charge in [-0.3, -0.25) is 5.10 Å². The van der Waals surface area contributed by atoms with Crippen LogP contribution in [0.2, 0.25) is 5.02 Å². The average Bonchev–Trinajstić information content (AvgIpc) is 2.84. The van der Waals surface area contributed by atoms with Crippen molar-refractivity contribution < 1.29 is 24.1 Å². The molecule has 8 heteroatoms. The topological polar surface area (TPSA) is 95.4 Å². The molecule has 2 aromatic rings. The molecule has 2 rings (SSSR count). The summed E-state index contributed by atoms with van der Waals surface area (Å²) in [5.74, 6) is -3.27. The Hall–Kier alpha value is -2.28. The second-order valence-electron chi connectivity index (χ2n) is 3.57. The average molecular weight is 287 g/mol. The number of aromatic amines is 1. The van der Waals surface area contributed by atoms with Gasteiger partial charge in [0.25, 0.3) is 0 Å². The quantitative estimate of drug-likeness (QED) is 0.804. The monoisotopic (exact) mass is 286 g/mol. The third-order valence-corrected chi connectivity index (χ3v) is 2.72. The van der Waals surface area contributed by atoms with E-state index in [2.05, 4.69) is 10.2 Å². The van der Waals surface area contributed by atoms with E-state index in [9.17, 15) is 14.3 Å². The minimum absolute atomic E-state index is 0.0351. The third kappa shape index (κ3) is 2.19. The predicted octanol–water partition coefficient (Wildman–Crippen LogP) is 2.28. The number of carbonyl (C=O) groups is 1. The lowest BCUT2D eigenvalue weighted by atomic mass is 10.1. The predicted molar refractivity (Wildman–Crippen MR) is 64.2 cm³/mol. The summed E-state index contributed by atoms with van der Waals surface area (Å²) in [4.78, 5) is 10.7. The smallest absolute Gasteiger partial charge is 0.353 e. The summed E-state index contributed by atoms with van der Waals surface area (Å²) in [6.07, 6.45) is 0. The second kappa shape index (κ2) is 4.77. The molecule has 0 spiro atoms. The number of carboxylic acid groups (broad SMARTS) is 1. The standard InChI is InChI=1S/C11H8ClFN2O4/c1-19-10-5(12)2-4(9(16)8(10)13)6-3-7(11(17)18)15-14-6/h2-3,16H,1H3,(H,14,15)(H,17,18). The number of hydrogen-bond donors (Lipinski definition) is 3. The van der Waals surface area contributed by atoms with Gasteiger partial charge in [-0.25, -0.2) is 4.79 Å². The number of hydrogen-bond acceptors (Lipinski definition) is 4. The summed E-state index contributed by atoms with van der Waals surface area (Å²) >= 11 is 5.80. The Morgan fingerprint density at radius 3 is 2.74 bits per heavy atom. The summed E-state index contributed by atoms with van der Waals surface area (Å²) in [7, 11) is 1.21. The molecule has 0 saturated carbocycles. The van der Waals surface area contributed by atoms with Gasteiger partial charge in [-0.15, -0.1) is 0 Å². The molecule has 1 heterocycles. The van der Waals surface area contributed by atoms with E-state index in [-0.39, 0.29) is 27.7 Å². The van der Waals surface area contributed by atoms with Crippen LogP contribution in [0.25, 0.3) is 11.3 Å². The molecule has 1 aromatic heterocycles. The molecule has 3 N–H and O–H groups in total. The van der Waals surface area contributed by atoms with Gasteiger partial charge in [-0.05, 0) is 12.1 Å². The number of carboxylic acids is 1. The van der Waals surface area contributed by atoms with Crippen molar-refractivity contribution in [1.29, 1.82) is 0 Å². The number of phenols is 1. The highest BCUT2D eigenvalue weighted by molar-refractivity contribution is 6.32. The van der Waals surface area contributed by atoms with Crippen LogP contribution in [0.1, 0.15) is 10.5 Å². The van der Waals surface area contributed by atoms with Crippen LogP contribution in [0.3, 0.4) is 0 Å². The third-order valence-electron chi connectivity index (χ3n) is 2.44. The van der Waals surface area contributed by atoms with E-state index in [0.29, 0.717) is 0 Å². The number of methoxy groups -OCH3 is 1. The van der Waals surface area contributed by atoms with Crippen LogP contribution in [0.4, 0.5) is 4.39 Å². The summed E-state index contributed by atoms with van der Waals surface area (Å²) < 4.78 is 18.5. The lowest BCUT2D eigenvalue weighted by Crippen LogP contribution is -1.95. The van der Waals surface area contributed by atoms with Gasteiger partial charge < -0.3 is 14.9 Å². The second-order valence-corrected chi connectivity index (χ2v) is 3.98. The summed E-state index contributed by atoms with van der Waals surface area (Å²) in [6.45, 7) is 0. The fraction of sp³-hybridized carbons (Fsp3) is 0.0909. The number of aromatic hydroxyl groups is 1. The fourth-order valence-electron chi connectivity index (χ4n) is 1.54. The maximum atomic E-state index is 13.8. The molecule has 0 aliphatic rings. The number of rotatable bonds is 3. The van der Waals surface area contributed by atoms with Gasteiger partial charge in [0.2, 0.25) is 5.82 Å². The minimum atomic E-state index is -1.22. The molecule has 100 valence electrons. The van der Waals surface area contributed by atoms with E-state index in [1.54, 1.807) is 0 Å². The van der Waals surface area contributed by atoms with Crippen molar-refractivity contribution in [2.45, 2.75) is 0 Å². The van der Waals surface area contributed by atoms with Crippen molar-refractivity contribution in [3.63, 3.8) is 0 Å². The molecule has 0 aliphatic heterocycles. The number of aromatic carboxylic acids is 1. The number of aromatic nitrogens is 2. The van der Waals surface area contributed by atoms with Crippen LogP contribution in [0.5, 0.6) is 11.5 Å². The van der Waals surface area contributed by atoms with E-state index in [0.717, 1.165) is 6.07 Å². The Morgan fingerprint density at radius 1 is 1.53 bits per heavy atom. The zero-order valence-electron chi connectivity index (χ0n) is 9.57. The normalized spacial score (nSPS) is 10.5. The van der Waals surface area contributed by atoms with Crippen LogP contribution in [-0.4, -0.2) is 33.5 Å². The summed E-state index contributed by atoms with van der Waals surface area (Å²) in [5.41, 5.74) is -0.174. The van der Waals surface area contributed by atoms with Crippen LogP contribution in [-0.2, 0) is 0 Å². The molecule has 0 radical (unpaired) electrons. The molecule has 19 heavy (non-hydrogen) atoms. The van der Waals surface area contributed by atoms with Crippen LogP contribution in [0.15, 0.2) is 12.1 Å². The molecular formula is C11H8ClFN2O4. The van der Waals surface area contributed by atoms with Crippen molar-refractivity contribution in [3.05, 3.63) is 28.7 Å². The molecule has 0 aliphatic carbocycles. The van der Waals surface area contributed by atoms with Crippen molar-refractivity contribution in [2.24, 2.45) is 0 Å². The van der Waals surface area contributed by atoms with Crippen molar-refractivity contribution in [3.8, 4) is 22.8 Å². The Balaban J connectivity index is 2.59. The number of H-pyrrole nitrogens is 1. The molecule has 0 saturated heterocycles. The summed E-state index contributed by atoms with van der Waals surface area (Å²) in [6, 6.07) is 2.39. The van der Waals surface area contributed by atoms with Gasteiger partial charge >= 0.3 is 5.97 Å². The van der Waals surface area contributed by atoms with E-state index in [1.165, 1.54) is 13.2 Å². The molecule has 1 aromatic carbocycles. The first-order valence-corrected chi connectivity index (χ1v) is 5.37. The Morgan fingerprint density at radius 2 is 2.21 bits per heavy atom. The molecule has 0 atom stereocenters. The van der Waals surface area contributed by atoms with Crippen molar-refractivity contribution in [2.75, 3.05) is 7.11 Å². The molecular weight excluding hydrogens is 279 g/mol. The number of nitrogens with one attached hydrogen (secondary N) is 1. The van der Waals surface area contributed by atoms with Gasteiger partial charge in [0, 0.05) is 5.56 Å². The lowest BCUT2D eigenvalue weighted by Gasteiger charge is -2.09. The maximum absolute atomic E-state index is 13.8. The highest BCUT2D eigenvalue weighted by Gasteiger charge is 2.21. The van der Waals surface area contributed by atoms with E-state index in [1.807, 2.05) is 0 Å². The first-order chi connectivity index (χ1) is 8.95. The fourth-order valence-corrected chi connectivity index (χ4v) is 1.81. The zero-order valence-corrected chi connectivity index (χ0v) is 10.3. The zero-order chi connectivity index (χ0) is 14.2.